The van der Waals surface area contributed by atoms with Crippen LogP contribution in [0.4, 0.5) is 5.69 Å². The molecule has 1 N–H and O–H groups in total. The first-order valence-corrected chi connectivity index (χ1v) is 12.2. The normalized spacial score (nSPS) is 17.7. The molecule has 0 unspecified atom stereocenters. The molecular formula is C23H25N3O4S. The average molecular weight is 440 g/mol. The highest BCUT2D eigenvalue weighted by molar-refractivity contribution is 7.89. The summed E-state index contributed by atoms with van der Waals surface area (Å²) in [6, 6.07) is 10.2. The Morgan fingerprint density at radius 1 is 1.10 bits per heavy atom. The highest BCUT2D eigenvalue weighted by atomic mass is 32.2. The molecule has 31 heavy (non-hydrogen) atoms. The van der Waals surface area contributed by atoms with Crippen LogP contribution >= 0.6 is 0 Å². The molecule has 0 atom stereocenters. The fourth-order valence-corrected chi connectivity index (χ4v) is 5.76. The van der Waals surface area contributed by atoms with Crippen LogP contribution in [0.2, 0.25) is 0 Å². The predicted octanol–water partition coefficient (Wildman–Crippen LogP) is 4.44. The van der Waals surface area contributed by atoms with Crippen molar-refractivity contribution < 1.29 is 17.6 Å². The molecule has 1 aromatic heterocycles. The second-order valence-corrected chi connectivity index (χ2v) is 10.3. The Morgan fingerprint density at radius 3 is 2.61 bits per heavy atom. The van der Waals surface area contributed by atoms with E-state index >= 15 is 0 Å². The summed E-state index contributed by atoms with van der Waals surface area (Å²) in [6.45, 7) is 2.81. The Hall–Kier alpha value is -2.71. The number of rotatable bonds is 5. The van der Waals surface area contributed by atoms with Crippen molar-refractivity contribution in [3.63, 3.8) is 0 Å². The maximum absolute atomic E-state index is 13.1. The van der Waals surface area contributed by atoms with Gasteiger partial charge >= 0.3 is 0 Å². The molecule has 3 aromatic rings. The van der Waals surface area contributed by atoms with Crippen molar-refractivity contribution in [1.82, 2.24) is 9.29 Å². The Labute approximate surface area is 181 Å². The summed E-state index contributed by atoms with van der Waals surface area (Å²) in [5.41, 5.74) is 2.94. The first kappa shape index (κ1) is 20.2. The van der Waals surface area contributed by atoms with Crippen LogP contribution in [0.5, 0.6) is 0 Å². The molecule has 1 aliphatic carbocycles. The van der Waals surface area contributed by atoms with Crippen LogP contribution in [0.25, 0.3) is 11.1 Å². The number of hydrogen-bond acceptors (Lipinski definition) is 5. The van der Waals surface area contributed by atoms with E-state index in [1.165, 1.54) is 10.4 Å². The maximum atomic E-state index is 13.1. The predicted molar refractivity (Wildman–Crippen MR) is 118 cm³/mol. The average Bonchev–Trinajstić information content (AvgIpc) is 3.54. The molecule has 1 saturated carbocycles. The van der Waals surface area contributed by atoms with Crippen LogP contribution < -0.4 is 5.32 Å². The Bertz CT molecular complexity index is 1260. The van der Waals surface area contributed by atoms with Gasteiger partial charge in [-0.2, -0.15) is 4.31 Å². The van der Waals surface area contributed by atoms with Gasteiger partial charge in [-0.25, -0.2) is 13.4 Å². The van der Waals surface area contributed by atoms with E-state index in [9.17, 15) is 13.2 Å². The number of nitrogens with one attached hydrogen (secondary N) is 1. The van der Waals surface area contributed by atoms with Gasteiger partial charge in [-0.3, -0.25) is 4.79 Å². The lowest BCUT2D eigenvalue weighted by Crippen LogP contribution is -2.36. The molecule has 2 fully saturated rings. The van der Waals surface area contributed by atoms with E-state index in [0.29, 0.717) is 46.9 Å². The molecule has 1 saturated heterocycles. The van der Waals surface area contributed by atoms with E-state index in [-0.39, 0.29) is 10.8 Å². The van der Waals surface area contributed by atoms with Crippen LogP contribution in [-0.2, 0) is 10.0 Å². The SMILES string of the molecule is Cc1ccc(C(=O)Nc2ccc3oc(C4CC4)nc3c2)cc1S(=O)(=O)N1CCCCC1. The first-order valence-electron chi connectivity index (χ1n) is 10.7. The Balaban J connectivity index is 1.39. The van der Waals surface area contributed by atoms with Crippen molar-refractivity contribution in [1.29, 1.82) is 0 Å². The van der Waals surface area contributed by atoms with E-state index < -0.39 is 10.0 Å². The van der Waals surface area contributed by atoms with Gasteiger partial charge in [-0.15, -0.1) is 0 Å². The van der Waals surface area contributed by atoms with Gasteiger partial charge in [0.05, 0.1) is 4.90 Å². The first-order chi connectivity index (χ1) is 14.9. The summed E-state index contributed by atoms with van der Waals surface area (Å²) in [5.74, 6) is 0.809. The topological polar surface area (TPSA) is 92.5 Å². The molecule has 2 heterocycles. The largest absolute Gasteiger partial charge is 0.440 e. The molecule has 2 aromatic carbocycles. The summed E-state index contributed by atoms with van der Waals surface area (Å²) >= 11 is 0. The molecule has 1 amide bonds. The summed E-state index contributed by atoms with van der Waals surface area (Å²) in [7, 11) is -3.62. The van der Waals surface area contributed by atoms with Crippen LogP contribution in [0.3, 0.4) is 0 Å². The third-order valence-corrected chi connectivity index (χ3v) is 8.01. The van der Waals surface area contributed by atoms with E-state index in [1.54, 1.807) is 37.3 Å². The lowest BCUT2D eigenvalue weighted by molar-refractivity contribution is 0.102. The van der Waals surface area contributed by atoms with Gasteiger partial charge < -0.3 is 9.73 Å². The molecule has 162 valence electrons. The molecular weight excluding hydrogens is 414 g/mol. The van der Waals surface area contributed by atoms with Crippen molar-refractivity contribution in [2.24, 2.45) is 0 Å². The van der Waals surface area contributed by atoms with E-state index in [0.717, 1.165) is 38.0 Å². The number of anilines is 1. The minimum absolute atomic E-state index is 0.197. The maximum Gasteiger partial charge on any atom is 0.255 e. The number of amides is 1. The minimum Gasteiger partial charge on any atom is -0.440 e. The van der Waals surface area contributed by atoms with Gasteiger partial charge in [-0.05, 0) is 68.5 Å². The Morgan fingerprint density at radius 2 is 1.87 bits per heavy atom. The molecule has 2 aliphatic rings. The number of carbonyl (C=O) groups excluding carboxylic acids is 1. The summed E-state index contributed by atoms with van der Waals surface area (Å²) in [6.07, 6.45) is 4.99. The minimum atomic E-state index is -3.62. The van der Waals surface area contributed by atoms with Gasteiger partial charge in [0.1, 0.15) is 5.52 Å². The second-order valence-electron chi connectivity index (χ2n) is 8.41. The Kier molecular flexibility index (Phi) is 5.06. The molecule has 8 heteroatoms. The number of sulfonamides is 1. The van der Waals surface area contributed by atoms with E-state index in [1.807, 2.05) is 0 Å². The van der Waals surface area contributed by atoms with Gasteiger partial charge in [-0.1, -0.05) is 12.5 Å². The molecule has 0 spiro atoms. The number of carbonyl (C=O) groups is 1. The number of oxazole rings is 1. The third-order valence-electron chi connectivity index (χ3n) is 5.97. The highest BCUT2D eigenvalue weighted by Gasteiger charge is 2.29. The van der Waals surface area contributed by atoms with Crippen LogP contribution in [-0.4, -0.2) is 36.7 Å². The van der Waals surface area contributed by atoms with Crippen LogP contribution in [0.15, 0.2) is 45.7 Å². The lowest BCUT2D eigenvalue weighted by Gasteiger charge is -2.26. The zero-order valence-corrected chi connectivity index (χ0v) is 18.2. The number of fused-ring (bicyclic) bond motifs is 1. The van der Waals surface area contributed by atoms with E-state index in [2.05, 4.69) is 10.3 Å². The lowest BCUT2D eigenvalue weighted by atomic mass is 10.1. The smallest absolute Gasteiger partial charge is 0.255 e. The van der Waals surface area contributed by atoms with Crippen molar-refractivity contribution in [3.05, 3.63) is 53.4 Å². The number of aryl methyl sites for hydroxylation is 1. The fraction of sp³-hybridized carbons (Fsp3) is 0.391. The monoisotopic (exact) mass is 439 g/mol. The number of aromatic nitrogens is 1. The van der Waals surface area contributed by atoms with Gasteiger partial charge in [0, 0.05) is 30.3 Å². The highest BCUT2D eigenvalue weighted by Crippen LogP contribution is 2.40. The fourth-order valence-electron chi connectivity index (χ4n) is 3.99. The third kappa shape index (κ3) is 3.97. The summed E-state index contributed by atoms with van der Waals surface area (Å²) in [4.78, 5) is 17.6. The van der Waals surface area contributed by atoms with Crippen LogP contribution in [0.1, 0.15) is 59.8 Å². The molecule has 1 aliphatic heterocycles. The van der Waals surface area contributed by atoms with Gasteiger partial charge in [0.25, 0.3) is 5.91 Å². The van der Waals surface area contributed by atoms with Crippen LogP contribution in [0, 0.1) is 6.92 Å². The zero-order chi connectivity index (χ0) is 21.6. The van der Waals surface area contributed by atoms with Crippen molar-refractivity contribution in [2.75, 3.05) is 18.4 Å². The van der Waals surface area contributed by atoms with E-state index in [4.69, 9.17) is 4.42 Å². The van der Waals surface area contributed by atoms with Crippen molar-refractivity contribution in [3.8, 4) is 0 Å². The number of nitrogens with zero attached hydrogens (tertiary/aromatic N) is 2. The molecule has 5 rings (SSSR count). The second kappa shape index (κ2) is 7.76. The zero-order valence-electron chi connectivity index (χ0n) is 17.4. The quantitative estimate of drug-likeness (QED) is 0.634. The molecule has 7 nitrogen and oxygen atoms in total. The molecule has 0 radical (unpaired) electrons. The van der Waals surface area contributed by atoms with Gasteiger partial charge in [0.2, 0.25) is 10.0 Å². The summed E-state index contributed by atoms with van der Waals surface area (Å²) < 4.78 is 33.5. The van der Waals surface area contributed by atoms with Gasteiger partial charge in [0.15, 0.2) is 11.5 Å². The van der Waals surface area contributed by atoms with Crippen molar-refractivity contribution >= 4 is 32.7 Å². The molecule has 0 bridgehead atoms. The standard InChI is InChI=1S/C23H25N3O4S/c1-15-5-6-17(13-21(15)31(28,29)26-11-3-2-4-12-26)22(27)24-18-9-10-20-19(14-18)25-23(30-20)16-7-8-16/h5-6,9-10,13-14,16H,2-4,7-8,11-12H2,1H3,(H,24,27). The number of hydrogen-bond donors (Lipinski definition) is 1. The summed E-state index contributed by atoms with van der Waals surface area (Å²) in [5, 5.41) is 2.85. The number of benzene rings is 2. The number of piperidine rings is 1. The van der Waals surface area contributed by atoms with Crippen molar-refractivity contribution in [2.45, 2.75) is 49.8 Å².